The highest BCUT2D eigenvalue weighted by molar-refractivity contribution is 7.89. The van der Waals surface area contributed by atoms with E-state index in [1.165, 1.54) is 13.1 Å². The number of rotatable bonds is 7. The first-order valence-corrected chi connectivity index (χ1v) is 9.77. The van der Waals surface area contributed by atoms with Gasteiger partial charge in [-0.15, -0.1) is 6.58 Å². The number of carbonyl (C=O) groups is 1. The number of amides is 1. The predicted molar refractivity (Wildman–Crippen MR) is 104 cm³/mol. The van der Waals surface area contributed by atoms with E-state index in [0.29, 0.717) is 24.2 Å². The maximum absolute atomic E-state index is 13.0. The average Bonchev–Trinajstić information content (AvgIpc) is 2.63. The number of aryl methyl sites for hydroxylation is 1. The normalized spacial score (nSPS) is 11.2. The van der Waals surface area contributed by atoms with Gasteiger partial charge in [-0.2, -0.15) is 0 Å². The van der Waals surface area contributed by atoms with Crippen LogP contribution < -0.4 is 4.72 Å². The molecule has 0 fully saturated rings. The highest BCUT2D eigenvalue weighted by atomic mass is 32.2. The van der Waals surface area contributed by atoms with Crippen molar-refractivity contribution in [2.45, 2.75) is 25.3 Å². The van der Waals surface area contributed by atoms with Gasteiger partial charge in [0.25, 0.3) is 5.91 Å². The van der Waals surface area contributed by atoms with Crippen LogP contribution in [-0.4, -0.2) is 32.8 Å². The van der Waals surface area contributed by atoms with Gasteiger partial charge in [0.2, 0.25) is 10.0 Å². The van der Waals surface area contributed by atoms with Gasteiger partial charge >= 0.3 is 0 Å². The molecule has 0 unspecified atom stereocenters. The third-order valence-corrected chi connectivity index (χ3v) is 5.82. The van der Waals surface area contributed by atoms with Crippen LogP contribution in [0.1, 0.15) is 27.0 Å². The van der Waals surface area contributed by atoms with Gasteiger partial charge in [-0.25, -0.2) is 13.1 Å². The molecule has 0 aromatic heterocycles. The molecule has 2 aromatic rings. The van der Waals surface area contributed by atoms with E-state index in [1.807, 2.05) is 30.3 Å². The summed E-state index contributed by atoms with van der Waals surface area (Å²) in [6, 6.07) is 12.8. The van der Waals surface area contributed by atoms with Crippen LogP contribution in [0, 0.1) is 13.8 Å². The zero-order valence-corrected chi connectivity index (χ0v) is 16.1. The van der Waals surface area contributed by atoms with Crippen molar-refractivity contribution in [2.24, 2.45) is 0 Å². The maximum Gasteiger partial charge on any atom is 0.254 e. The molecule has 5 nitrogen and oxygen atoms in total. The molecule has 0 spiro atoms. The van der Waals surface area contributed by atoms with Crippen molar-refractivity contribution in [3.05, 3.63) is 77.4 Å². The van der Waals surface area contributed by atoms with Crippen LogP contribution in [0.5, 0.6) is 0 Å². The maximum atomic E-state index is 13.0. The van der Waals surface area contributed by atoms with Gasteiger partial charge in [-0.1, -0.05) is 36.4 Å². The van der Waals surface area contributed by atoms with Gasteiger partial charge in [0.05, 0.1) is 4.90 Å². The lowest BCUT2D eigenvalue weighted by Gasteiger charge is -2.22. The summed E-state index contributed by atoms with van der Waals surface area (Å²) in [4.78, 5) is 14.8. The lowest BCUT2D eigenvalue weighted by molar-refractivity contribution is 0.0762. The molecule has 2 aromatic carbocycles. The molecule has 0 saturated carbocycles. The van der Waals surface area contributed by atoms with Crippen LogP contribution in [0.3, 0.4) is 0 Å². The summed E-state index contributed by atoms with van der Waals surface area (Å²) in [7, 11) is -2.29. The van der Waals surface area contributed by atoms with E-state index in [9.17, 15) is 13.2 Å². The Morgan fingerprint density at radius 1 is 1.19 bits per heavy atom. The van der Waals surface area contributed by atoms with E-state index in [1.54, 1.807) is 30.9 Å². The summed E-state index contributed by atoms with van der Waals surface area (Å²) in [5, 5.41) is 0. The Morgan fingerprint density at radius 3 is 2.42 bits per heavy atom. The van der Waals surface area contributed by atoms with Crippen molar-refractivity contribution in [3.8, 4) is 0 Å². The van der Waals surface area contributed by atoms with Crippen molar-refractivity contribution in [3.63, 3.8) is 0 Å². The second kappa shape index (κ2) is 8.29. The number of carbonyl (C=O) groups excluding carboxylic acids is 1. The second-order valence-electron chi connectivity index (χ2n) is 6.08. The Kier molecular flexibility index (Phi) is 6.34. The summed E-state index contributed by atoms with van der Waals surface area (Å²) in [5.41, 5.74) is 2.73. The van der Waals surface area contributed by atoms with Crippen LogP contribution in [-0.2, 0) is 16.6 Å². The first-order valence-electron chi connectivity index (χ1n) is 8.29. The van der Waals surface area contributed by atoms with Gasteiger partial charge in [-0.3, -0.25) is 4.79 Å². The van der Waals surface area contributed by atoms with E-state index in [2.05, 4.69) is 11.3 Å². The molecule has 0 aliphatic carbocycles. The van der Waals surface area contributed by atoms with E-state index < -0.39 is 10.0 Å². The molecule has 1 amide bonds. The molecule has 0 radical (unpaired) electrons. The molecule has 1 N–H and O–H groups in total. The molecule has 0 saturated heterocycles. The number of hydrogen-bond acceptors (Lipinski definition) is 3. The zero-order valence-electron chi connectivity index (χ0n) is 15.3. The molecular formula is C20H24N2O3S. The molecule has 26 heavy (non-hydrogen) atoms. The molecule has 0 bridgehead atoms. The highest BCUT2D eigenvalue weighted by Gasteiger charge is 2.22. The molecule has 138 valence electrons. The lowest BCUT2D eigenvalue weighted by Crippen LogP contribution is -2.31. The standard InChI is InChI=1S/C20H24N2O3S/c1-5-11-22(14-17-9-7-6-8-10-17)20(23)18-12-15(2)16(3)19(13-18)26(24,25)21-4/h5-10,12-13,21H,1,11,14H2,2-4H3. The lowest BCUT2D eigenvalue weighted by atomic mass is 10.0. The van der Waals surface area contributed by atoms with Crippen molar-refractivity contribution in [1.29, 1.82) is 0 Å². The van der Waals surface area contributed by atoms with Crippen LogP contribution in [0.15, 0.2) is 60.0 Å². The smallest absolute Gasteiger partial charge is 0.254 e. The van der Waals surface area contributed by atoms with Crippen LogP contribution >= 0.6 is 0 Å². The van der Waals surface area contributed by atoms with Gasteiger partial charge < -0.3 is 4.90 Å². The van der Waals surface area contributed by atoms with Crippen LogP contribution in [0.25, 0.3) is 0 Å². The summed E-state index contributed by atoms with van der Waals surface area (Å²) < 4.78 is 26.9. The average molecular weight is 372 g/mol. The van der Waals surface area contributed by atoms with Gasteiger partial charge in [0.15, 0.2) is 0 Å². The van der Waals surface area contributed by atoms with Crippen LogP contribution in [0.2, 0.25) is 0 Å². The Balaban J connectivity index is 2.44. The minimum absolute atomic E-state index is 0.126. The fraction of sp³-hybridized carbons (Fsp3) is 0.250. The van der Waals surface area contributed by atoms with Crippen LogP contribution in [0.4, 0.5) is 0 Å². The summed E-state index contributed by atoms with van der Waals surface area (Å²) in [6.45, 7) is 8.05. The van der Waals surface area contributed by atoms with E-state index >= 15 is 0 Å². The monoisotopic (exact) mass is 372 g/mol. The van der Waals surface area contributed by atoms with Crippen molar-refractivity contribution >= 4 is 15.9 Å². The van der Waals surface area contributed by atoms with E-state index in [-0.39, 0.29) is 10.8 Å². The Morgan fingerprint density at radius 2 is 1.85 bits per heavy atom. The number of benzene rings is 2. The summed E-state index contributed by atoms with van der Waals surface area (Å²) >= 11 is 0. The number of nitrogens with zero attached hydrogens (tertiary/aromatic N) is 1. The topological polar surface area (TPSA) is 66.5 Å². The summed E-state index contributed by atoms with van der Waals surface area (Å²) in [6.07, 6.45) is 1.66. The Hall–Kier alpha value is -2.44. The van der Waals surface area contributed by atoms with Gasteiger partial charge in [-0.05, 0) is 49.7 Å². The minimum atomic E-state index is -3.65. The third-order valence-electron chi connectivity index (χ3n) is 4.28. The van der Waals surface area contributed by atoms with Gasteiger partial charge in [0, 0.05) is 18.7 Å². The molecule has 0 heterocycles. The molecule has 0 aliphatic rings. The number of sulfonamides is 1. The zero-order chi connectivity index (χ0) is 19.3. The number of nitrogens with one attached hydrogen (secondary N) is 1. The Bertz CT molecular complexity index is 906. The van der Waals surface area contributed by atoms with Crippen molar-refractivity contribution < 1.29 is 13.2 Å². The fourth-order valence-corrected chi connectivity index (χ4v) is 3.77. The number of hydrogen-bond donors (Lipinski definition) is 1. The molecule has 6 heteroatoms. The predicted octanol–water partition coefficient (Wildman–Crippen LogP) is 3.04. The summed E-state index contributed by atoms with van der Waals surface area (Å²) in [5.74, 6) is -0.232. The quantitative estimate of drug-likeness (QED) is 0.760. The first kappa shape index (κ1) is 19.9. The molecule has 0 aliphatic heterocycles. The third kappa shape index (κ3) is 4.39. The van der Waals surface area contributed by atoms with Crippen molar-refractivity contribution in [2.75, 3.05) is 13.6 Å². The van der Waals surface area contributed by atoms with E-state index in [4.69, 9.17) is 0 Å². The SMILES string of the molecule is C=CCN(Cc1ccccc1)C(=O)c1cc(C)c(C)c(S(=O)(=O)NC)c1. The highest BCUT2D eigenvalue weighted by Crippen LogP contribution is 2.22. The molecular weight excluding hydrogens is 348 g/mol. The molecule has 2 rings (SSSR count). The van der Waals surface area contributed by atoms with Gasteiger partial charge in [0.1, 0.15) is 0 Å². The van der Waals surface area contributed by atoms with Crippen molar-refractivity contribution in [1.82, 2.24) is 9.62 Å². The van der Waals surface area contributed by atoms with E-state index in [0.717, 1.165) is 11.1 Å². The second-order valence-corrected chi connectivity index (χ2v) is 7.94. The first-order chi connectivity index (χ1) is 12.3. The minimum Gasteiger partial charge on any atom is -0.331 e. The fourth-order valence-electron chi connectivity index (χ4n) is 2.70. The molecule has 0 atom stereocenters. The Labute approximate surface area is 155 Å². The largest absolute Gasteiger partial charge is 0.331 e.